The Hall–Kier alpha value is -3.12. The van der Waals surface area contributed by atoms with Crippen molar-refractivity contribution in [3.05, 3.63) is 77.3 Å². The highest BCUT2D eigenvalue weighted by Crippen LogP contribution is 2.30. The summed E-state index contributed by atoms with van der Waals surface area (Å²) in [6.45, 7) is 2.51. The van der Waals surface area contributed by atoms with Crippen molar-refractivity contribution >= 4 is 11.6 Å². The maximum atomic E-state index is 6.04. The van der Waals surface area contributed by atoms with Crippen LogP contribution in [0.15, 0.2) is 61.1 Å². The SMILES string of the molecule is Cc1ccc(-c2ncc(Cn3cnnn3)nc2-c2ccc(Cl)cc2)cc1. The predicted octanol–water partition coefficient (Wildman–Crippen LogP) is 3.81. The standard InChI is InChI=1S/C19H15ClN6/c1-13-2-4-14(5-3-13)18-19(15-6-8-16(20)9-7-15)23-17(10-21-18)11-26-12-22-24-25-26/h2-10,12H,11H2,1H3. The molecule has 128 valence electrons. The first-order valence-corrected chi connectivity index (χ1v) is 8.46. The van der Waals surface area contributed by atoms with Crippen molar-refractivity contribution in [2.45, 2.75) is 13.5 Å². The number of aromatic nitrogens is 6. The molecule has 2 aromatic carbocycles. The minimum atomic E-state index is 0.453. The average Bonchev–Trinajstić information content (AvgIpc) is 3.16. The fraction of sp³-hybridized carbons (Fsp3) is 0.105. The van der Waals surface area contributed by atoms with Crippen LogP contribution in [0, 0.1) is 6.92 Å². The van der Waals surface area contributed by atoms with Crippen molar-refractivity contribution in [2.75, 3.05) is 0 Å². The summed E-state index contributed by atoms with van der Waals surface area (Å²) in [4.78, 5) is 9.50. The Morgan fingerprint density at radius 2 is 1.62 bits per heavy atom. The van der Waals surface area contributed by atoms with Crippen LogP contribution < -0.4 is 0 Å². The lowest BCUT2D eigenvalue weighted by atomic mass is 10.0. The van der Waals surface area contributed by atoms with Gasteiger partial charge in [-0.25, -0.2) is 9.67 Å². The molecule has 0 spiro atoms. The topological polar surface area (TPSA) is 69.4 Å². The Labute approximate surface area is 155 Å². The summed E-state index contributed by atoms with van der Waals surface area (Å²) in [5, 5.41) is 11.9. The summed E-state index contributed by atoms with van der Waals surface area (Å²) >= 11 is 6.04. The molecule has 0 aliphatic carbocycles. The summed E-state index contributed by atoms with van der Waals surface area (Å²) in [5.41, 5.74) is 5.57. The van der Waals surface area contributed by atoms with Gasteiger partial charge in [0.1, 0.15) is 6.33 Å². The zero-order valence-corrected chi connectivity index (χ0v) is 14.8. The van der Waals surface area contributed by atoms with Gasteiger partial charge in [0.05, 0.1) is 29.8 Å². The van der Waals surface area contributed by atoms with Gasteiger partial charge in [0.25, 0.3) is 0 Å². The summed E-state index contributed by atoms with van der Waals surface area (Å²) in [7, 11) is 0. The van der Waals surface area contributed by atoms with Crippen LogP contribution in [-0.2, 0) is 6.54 Å². The van der Waals surface area contributed by atoms with Gasteiger partial charge < -0.3 is 0 Å². The van der Waals surface area contributed by atoms with Crippen molar-refractivity contribution < 1.29 is 0 Å². The molecule has 4 aromatic rings. The van der Waals surface area contributed by atoms with Crippen LogP contribution in [0.3, 0.4) is 0 Å². The smallest absolute Gasteiger partial charge is 0.138 e. The summed E-state index contributed by atoms with van der Waals surface area (Å²) in [5.74, 6) is 0. The van der Waals surface area contributed by atoms with Crippen LogP contribution >= 0.6 is 11.6 Å². The maximum Gasteiger partial charge on any atom is 0.138 e. The third-order valence-corrected chi connectivity index (χ3v) is 4.23. The van der Waals surface area contributed by atoms with Gasteiger partial charge in [0.15, 0.2) is 0 Å². The fourth-order valence-corrected chi connectivity index (χ4v) is 2.78. The molecule has 0 saturated heterocycles. The van der Waals surface area contributed by atoms with E-state index in [1.165, 1.54) is 5.56 Å². The second-order valence-electron chi connectivity index (χ2n) is 5.94. The minimum absolute atomic E-state index is 0.453. The lowest BCUT2D eigenvalue weighted by Crippen LogP contribution is -2.05. The summed E-state index contributed by atoms with van der Waals surface area (Å²) < 4.78 is 1.61. The van der Waals surface area contributed by atoms with Crippen LogP contribution in [-0.4, -0.2) is 30.2 Å². The van der Waals surface area contributed by atoms with E-state index in [1.807, 2.05) is 24.3 Å². The molecule has 0 amide bonds. The second-order valence-corrected chi connectivity index (χ2v) is 6.38. The molecule has 0 aliphatic rings. The number of nitrogens with zero attached hydrogens (tertiary/aromatic N) is 6. The number of rotatable bonds is 4. The van der Waals surface area contributed by atoms with Gasteiger partial charge in [0, 0.05) is 16.1 Å². The molecule has 6 nitrogen and oxygen atoms in total. The quantitative estimate of drug-likeness (QED) is 0.552. The monoisotopic (exact) mass is 362 g/mol. The van der Waals surface area contributed by atoms with Gasteiger partial charge in [-0.05, 0) is 29.5 Å². The molecule has 0 radical (unpaired) electrons. The Morgan fingerprint density at radius 1 is 0.923 bits per heavy atom. The highest BCUT2D eigenvalue weighted by Gasteiger charge is 2.13. The molecule has 0 saturated carbocycles. The fourth-order valence-electron chi connectivity index (χ4n) is 2.65. The van der Waals surface area contributed by atoms with Gasteiger partial charge in [-0.1, -0.05) is 53.6 Å². The van der Waals surface area contributed by atoms with Gasteiger partial charge >= 0.3 is 0 Å². The van der Waals surface area contributed by atoms with E-state index in [0.29, 0.717) is 11.6 Å². The van der Waals surface area contributed by atoms with Gasteiger partial charge in [-0.3, -0.25) is 4.98 Å². The van der Waals surface area contributed by atoms with E-state index < -0.39 is 0 Å². The summed E-state index contributed by atoms with van der Waals surface area (Å²) in [6, 6.07) is 15.8. The lowest BCUT2D eigenvalue weighted by Gasteiger charge is -2.11. The van der Waals surface area contributed by atoms with Crippen LogP contribution in [0.2, 0.25) is 5.02 Å². The molecule has 4 rings (SSSR count). The highest BCUT2D eigenvalue weighted by molar-refractivity contribution is 6.30. The van der Waals surface area contributed by atoms with E-state index in [1.54, 1.807) is 17.2 Å². The largest absolute Gasteiger partial charge is 0.252 e. The number of hydrogen-bond acceptors (Lipinski definition) is 5. The molecule has 0 fully saturated rings. The molecular weight excluding hydrogens is 348 g/mol. The molecule has 2 heterocycles. The number of halogens is 1. The first kappa shape index (κ1) is 16.4. The van der Waals surface area contributed by atoms with Crippen molar-refractivity contribution in [2.24, 2.45) is 0 Å². The van der Waals surface area contributed by atoms with Crippen molar-refractivity contribution in [3.8, 4) is 22.5 Å². The van der Waals surface area contributed by atoms with E-state index >= 15 is 0 Å². The summed E-state index contributed by atoms with van der Waals surface area (Å²) in [6.07, 6.45) is 3.31. The molecule has 2 aromatic heterocycles. The minimum Gasteiger partial charge on any atom is -0.252 e. The Balaban J connectivity index is 1.82. The first-order chi connectivity index (χ1) is 12.7. The van der Waals surface area contributed by atoms with Gasteiger partial charge in [0.2, 0.25) is 0 Å². The molecule has 0 N–H and O–H groups in total. The molecule has 0 unspecified atom stereocenters. The predicted molar refractivity (Wildman–Crippen MR) is 99.6 cm³/mol. The van der Waals surface area contributed by atoms with Crippen LogP contribution in [0.1, 0.15) is 11.3 Å². The maximum absolute atomic E-state index is 6.04. The molecule has 7 heteroatoms. The Morgan fingerprint density at radius 3 is 2.31 bits per heavy atom. The van der Waals surface area contributed by atoms with E-state index in [2.05, 4.69) is 51.7 Å². The van der Waals surface area contributed by atoms with Gasteiger partial charge in [-0.2, -0.15) is 0 Å². The first-order valence-electron chi connectivity index (χ1n) is 8.09. The third kappa shape index (κ3) is 3.45. The van der Waals surface area contributed by atoms with Crippen LogP contribution in [0.25, 0.3) is 22.5 Å². The van der Waals surface area contributed by atoms with E-state index in [0.717, 1.165) is 28.2 Å². The third-order valence-electron chi connectivity index (χ3n) is 3.98. The number of tetrazole rings is 1. The Bertz CT molecular complexity index is 1010. The van der Waals surface area contributed by atoms with E-state index in [9.17, 15) is 0 Å². The average molecular weight is 363 g/mol. The van der Waals surface area contributed by atoms with Crippen LogP contribution in [0.4, 0.5) is 0 Å². The second kappa shape index (κ2) is 7.01. The van der Waals surface area contributed by atoms with E-state index in [4.69, 9.17) is 16.6 Å². The highest BCUT2D eigenvalue weighted by atomic mass is 35.5. The number of benzene rings is 2. The molecule has 26 heavy (non-hydrogen) atoms. The zero-order valence-electron chi connectivity index (χ0n) is 14.0. The van der Waals surface area contributed by atoms with Crippen molar-refractivity contribution in [1.82, 2.24) is 30.2 Å². The molecule has 0 aliphatic heterocycles. The van der Waals surface area contributed by atoms with E-state index in [-0.39, 0.29) is 0 Å². The molecular formula is C19H15ClN6. The molecule has 0 bridgehead atoms. The Kier molecular flexibility index (Phi) is 4.41. The normalized spacial score (nSPS) is 10.8. The molecule has 0 atom stereocenters. The van der Waals surface area contributed by atoms with Crippen molar-refractivity contribution in [3.63, 3.8) is 0 Å². The number of aryl methyl sites for hydroxylation is 1. The van der Waals surface area contributed by atoms with Crippen molar-refractivity contribution in [1.29, 1.82) is 0 Å². The van der Waals surface area contributed by atoms with Crippen LogP contribution in [0.5, 0.6) is 0 Å². The number of hydrogen-bond donors (Lipinski definition) is 0. The zero-order chi connectivity index (χ0) is 17.9. The van der Waals surface area contributed by atoms with Gasteiger partial charge in [-0.15, -0.1) is 5.10 Å². The lowest BCUT2D eigenvalue weighted by molar-refractivity contribution is 0.636.